The summed E-state index contributed by atoms with van der Waals surface area (Å²) in [6, 6.07) is 9.62. The Morgan fingerprint density at radius 2 is 1.82 bits per heavy atom. The van der Waals surface area contributed by atoms with Gasteiger partial charge in [-0.3, -0.25) is 0 Å². The van der Waals surface area contributed by atoms with Crippen LogP contribution in [0.2, 0.25) is 0 Å². The quantitative estimate of drug-likeness (QED) is 0.872. The number of halogens is 1. The Kier molecular flexibility index (Phi) is 4.29. The molecule has 1 N–H and O–H groups in total. The van der Waals surface area contributed by atoms with Gasteiger partial charge in [0, 0.05) is 29.9 Å². The van der Waals surface area contributed by atoms with E-state index in [2.05, 4.69) is 21.2 Å². The van der Waals surface area contributed by atoms with E-state index in [0.717, 1.165) is 38.7 Å². The van der Waals surface area contributed by atoms with E-state index >= 15 is 0 Å². The lowest BCUT2D eigenvalue weighted by Crippen LogP contribution is -2.02. The molecular formula is C16H16BrNO4. The summed E-state index contributed by atoms with van der Waals surface area (Å²) >= 11 is 3.49. The number of ether oxygens (including phenoxy) is 4. The maximum Gasteiger partial charge on any atom is 0.231 e. The molecular weight excluding hydrogens is 350 g/mol. The largest absolute Gasteiger partial charge is 0.496 e. The highest BCUT2D eigenvalue weighted by Gasteiger charge is 2.14. The van der Waals surface area contributed by atoms with Crippen molar-refractivity contribution in [3.63, 3.8) is 0 Å². The van der Waals surface area contributed by atoms with Crippen LogP contribution in [0.5, 0.6) is 23.0 Å². The van der Waals surface area contributed by atoms with E-state index < -0.39 is 0 Å². The first-order valence-corrected chi connectivity index (χ1v) is 7.54. The summed E-state index contributed by atoms with van der Waals surface area (Å²) in [6.45, 7) is 0.892. The first-order valence-electron chi connectivity index (χ1n) is 6.75. The monoisotopic (exact) mass is 365 g/mol. The van der Waals surface area contributed by atoms with Crippen molar-refractivity contribution in [2.45, 2.75) is 6.54 Å². The first kappa shape index (κ1) is 14.8. The number of benzene rings is 2. The van der Waals surface area contributed by atoms with E-state index in [9.17, 15) is 0 Å². The number of hydrogen-bond acceptors (Lipinski definition) is 5. The summed E-state index contributed by atoms with van der Waals surface area (Å²) in [4.78, 5) is 0. The van der Waals surface area contributed by atoms with E-state index in [1.165, 1.54) is 0 Å². The summed E-state index contributed by atoms with van der Waals surface area (Å²) < 4.78 is 22.3. The van der Waals surface area contributed by atoms with Crippen molar-refractivity contribution < 1.29 is 18.9 Å². The van der Waals surface area contributed by atoms with Gasteiger partial charge in [0.1, 0.15) is 11.5 Å². The average Bonchev–Trinajstić information content (AvgIpc) is 3.00. The predicted octanol–water partition coefficient (Wildman–Crippen LogP) is 3.81. The van der Waals surface area contributed by atoms with Crippen LogP contribution in [0, 0.1) is 0 Å². The fourth-order valence-electron chi connectivity index (χ4n) is 2.26. The lowest BCUT2D eigenvalue weighted by molar-refractivity contribution is 0.174. The van der Waals surface area contributed by atoms with Gasteiger partial charge >= 0.3 is 0 Å². The van der Waals surface area contributed by atoms with Gasteiger partial charge in [-0.2, -0.15) is 0 Å². The van der Waals surface area contributed by atoms with Crippen LogP contribution in [0.3, 0.4) is 0 Å². The average molecular weight is 366 g/mol. The van der Waals surface area contributed by atoms with Crippen LogP contribution in [-0.2, 0) is 6.54 Å². The number of hydrogen-bond donors (Lipinski definition) is 1. The zero-order valence-electron chi connectivity index (χ0n) is 12.3. The van der Waals surface area contributed by atoms with E-state index in [0.29, 0.717) is 6.54 Å². The highest BCUT2D eigenvalue weighted by Crippen LogP contribution is 2.36. The Balaban J connectivity index is 1.77. The zero-order valence-corrected chi connectivity index (χ0v) is 13.9. The lowest BCUT2D eigenvalue weighted by Gasteiger charge is -2.13. The van der Waals surface area contributed by atoms with Crippen LogP contribution in [0.4, 0.5) is 5.69 Å². The highest BCUT2D eigenvalue weighted by atomic mass is 79.9. The molecule has 1 aliphatic heterocycles. The number of rotatable bonds is 5. The Bertz CT molecular complexity index is 690. The van der Waals surface area contributed by atoms with Crippen molar-refractivity contribution in [3.05, 3.63) is 40.4 Å². The second kappa shape index (κ2) is 6.36. The summed E-state index contributed by atoms with van der Waals surface area (Å²) in [5, 5.41) is 3.35. The van der Waals surface area contributed by atoms with Crippen LogP contribution in [0.25, 0.3) is 0 Å². The third kappa shape index (κ3) is 2.92. The molecule has 0 unspecified atom stereocenters. The van der Waals surface area contributed by atoms with E-state index in [1.807, 2.05) is 30.3 Å². The minimum Gasteiger partial charge on any atom is -0.496 e. The molecule has 0 amide bonds. The summed E-state index contributed by atoms with van der Waals surface area (Å²) in [5.41, 5.74) is 1.98. The molecule has 0 spiro atoms. The molecule has 2 aromatic carbocycles. The fraction of sp³-hybridized carbons (Fsp3) is 0.250. The van der Waals surface area contributed by atoms with Gasteiger partial charge < -0.3 is 24.3 Å². The molecule has 0 aromatic heterocycles. The molecule has 0 saturated carbocycles. The molecule has 0 fully saturated rings. The van der Waals surface area contributed by atoms with E-state index in [1.54, 1.807) is 14.2 Å². The van der Waals surface area contributed by atoms with Crippen molar-refractivity contribution in [3.8, 4) is 23.0 Å². The van der Waals surface area contributed by atoms with Gasteiger partial charge in [0.15, 0.2) is 11.5 Å². The zero-order chi connectivity index (χ0) is 15.5. The van der Waals surface area contributed by atoms with Gasteiger partial charge in [-0.05, 0) is 34.1 Å². The Hall–Kier alpha value is -2.08. The van der Waals surface area contributed by atoms with Gasteiger partial charge in [-0.15, -0.1) is 0 Å². The first-order chi connectivity index (χ1) is 10.7. The molecule has 3 rings (SSSR count). The Labute approximate surface area is 137 Å². The molecule has 2 aromatic rings. The summed E-state index contributed by atoms with van der Waals surface area (Å²) in [7, 11) is 3.27. The molecule has 1 aliphatic rings. The lowest BCUT2D eigenvalue weighted by atomic mass is 10.2. The molecule has 116 valence electrons. The van der Waals surface area contributed by atoms with Gasteiger partial charge in [0.05, 0.1) is 18.7 Å². The highest BCUT2D eigenvalue weighted by molar-refractivity contribution is 9.10. The van der Waals surface area contributed by atoms with Crippen LogP contribution in [0.1, 0.15) is 5.56 Å². The van der Waals surface area contributed by atoms with E-state index in [4.69, 9.17) is 18.9 Å². The van der Waals surface area contributed by atoms with Crippen molar-refractivity contribution in [2.24, 2.45) is 0 Å². The third-order valence-electron chi connectivity index (χ3n) is 3.41. The van der Waals surface area contributed by atoms with Crippen LogP contribution >= 0.6 is 15.9 Å². The molecule has 1 heterocycles. The molecule has 6 heteroatoms. The van der Waals surface area contributed by atoms with E-state index in [-0.39, 0.29) is 6.79 Å². The molecule has 0 radical (unpaired) electrons. The van der Waals surface area contributed by atoms with Gasteiger partial charge in [0.2, 0.25) is 6.79 Å². The molecule has 0 bridgehead atoms. The standard InChI is InChI=1S/C16H16BrNO4/c1-19-14-7-15(20-2)12(17)5-10(14)8-18-11-3-4-13-16(6-11)22-9-21-13/h3-7,18H,8-9H2,1-2H3. The maximum atomic E-state index is 5.42. The second-order valence-corrected chi connectivity index (χ2v) is 5.57. The SMILES string of the molecule is COc1cc(OC)c(CNc2ccc3c(c2)OCO3)cc1Br. The molecule has 0 saturated heterocycles. The summed E-state index contributed by atoms with van der Waals surface area (Å²) in [5.74, 6) is 3.04. The van der Waals surface area contributed by atoms with Crippen LogP contribution in [0.15, 0.2) is 34.8 Å². The normalized spacial score (nSPS) is 12.1. The summed E-state index contributed by atoms with van der Waals surface area (Å²) in [6.07, 6.45) is 0. The van der Waals surface area contributed by atoms with Gasteiger partial charge in [-0.25, -0.2) is 0 Å². The number of methoxy groups -OCH3 is 2. The molecule has 22 heavy (non-hydrogen) atoms. The smallest absolute Gasteiger partial charge is 0.231 e. The van der Waals surface area contributed by atoms with Crippen molar-refractivity contribution >= 4 is 21.6 Å². The molecule has 0 atom stereocenters. The van der Waals surface area contributed by atoms with Crippen molar-refractivity contribution in [2.75, 3.05) is 26.3 Å². The van der Waals surface area contributed by atoms with Crippen LogP contribution < -0.4 is 24.3 Å². The number of fused-ring (bicyclic) bond motifs is 1. The Morgan fingerprint density at radius 3 is 2.59 bits per heavy atom. The number of nitrogens with one attached hydrogen (secondary N) is 1. The third-order valence-corrected chi connectivity index (χ3v) is 4.03. The van der Waals surface area contributed by atoms with Crippen LogP contribution in [-0.4, -0.2) is 21.0 Å². The minimum absolute atomic E-state index is 0.276. The van der Waals surface area contributed by atoms with Gasteiger partial charge in [-0.1, -0.05) is 0 Å². The number of anilines is 1. The second-order valence-electron chi connectivity index (χ2n) is 4.72. The molecule has 5 nitrogen and oxygen atoms in total. The minimum atomic E-state index is 0.276. The van der Waals surface area contributed by atoms with Gasteiger partial charge in [0.25, 0.3) is 0 Å². The fourth-order valence-corrected chi connectivity index (χ4v) is 2.82. The predicted molar refractivity (Wildman–Crippen MR) is 87.1 cm³/mol. The topological polar surface area (TPSA) is 49.0 Å². The van der Waals surface area contributed by atoms with Crippen molar-refractivity contribution in [1.82, 2.24) is 0 Å². The van der Waals surface area contributed by atoms with Crippen molar-refractivity contribution in [1.29, 1.82) is 0 Å². The Morgan fingerprint density at radius 1 is 1.05 bits per heavy atom. The molecule has 0 aliphatic carbocycles. The maximum absolute atomic E-state index is 5.42.